The molecule has 0 saturated carbocycles. The van der Waals surface area contributed by atoms with E-state index in [4.69, 9.17) is 0 Å². The molecule has 0 bridgehead atoms. The Labute approximate surface area is 199 Å². The minimum absolute atomic E-state index is 1.37. The summed E-state index contributed by atoms with van der Waals surface area (Å²) in [5, 5.41) is 11.4. The average molecular weight is 481 g/mol. The summed E-state index contributed by atoms with van der Waals surface area (Å²) in [4.78, 5) is 8.31. The summed E-state index contributed by atoms with van der Waals surface area (Å²) < 4.78 is 2.88. The summed E-state index contributed by atoms with van der Waals surface area (Å²) in [7, 11) is 0. The van der Waals surface area contributed by atoms with Gasteiger partial charge in [-0.2, -0.15) is 0 Å². The largest absolute Gasteiger partial charge is 0.140 e. The summed E-state index contributed by atoms with van der Waals surface area (Å²) in [5.74, 6) is 0. The van der Waals surface area contributed by atoms with Crippen LogP contribution < -0.4 is 0 Å². The molecule has 6 aromatic rings. The first-order valence-corrected chi connectivity index (χ1v) is 13.9. The molecule has 2 aliphatic carbocycles. The maximum atomic E-state index is 2.42. The Morgan fingerprint density at radius 3 is 1.25 bits per heavy atom. The molecule has 2 aromatic carbocycles. The van der Waals surface area contributed by atoms with E-state index >= 15 is 0 Å². The van der Waals surface area contributed by atoms with Crippen LogP contribution in [0.2, 0.25) is 0 Å². The molecule has 0 fully saturated rings. The highest BCUT2D eigenvalue weighted by Crippen LogP contribution is 2.39. The number of hydrogen-bond donors (Lipinski definition) is 0. The fraction of sp³-hybridized carbons (Fsp3) is 0.0714. The van der Waals surface area contributed by atoms with Crippen LogP contribution in [-0.2, 0) is 0 Å². The van der Waals surface area contributed by atoms with Crippen LogP contribution >= 0.6 is 45.3 Å². The molecule has 0 unspecified atom stereocenters. The van der Waals surface area contributed by atoms with Crippen LogP contribution in [0.1, 0.15) is 9.75 Å². The molecular weight excluding hydrogens is 465 g/mol. The average Bonchev–Trinajstić information content (AvgIpc) is 3.58. The lowest BCUT2D eigenvalue weighted by Crippen LogP contribution is -1.79. The highest BCUT2D eigenvalue weighted by molar-refractivity contribution is 7.22. The van der Waals surface area contributed by atoms with Gasteiger partial charge in [-0.25, -0.2) is 0 Å². The van der Waals surface area contributed by atoms with Crippen LogP contribution in [0, 0.1) is 54.2 Å². The molecule has 2 aliphatic rings. The Kier molecular flexibility index (Phi) is 3.42. The van der Waals surface area contributed by atoms with Crippen molar-refractivity contribution in [2.75, 3.05) is 0 Å². The Morgan fingerprint density at radius 1 is 0.406 bits per heavy atom. The summed E-state index contributed by atoms with van der Waals surface area (Å²) in [6.07, 6.45) is 0. The summed E-state index contributed by atoms with van der Waals surface area (Å²) in [6, 6.07) is 23.3. The standard InChI is InChI=1S/C28H16S4/c1-13-3-9-21(29-13)23-11-19-15-5-6-16-20-12-24(22-10-4-14(2)30-22)32-28(20)18-8-7-17(27(19)31-23)25(15)26(16)18/h3-12H,1-2H3. The van der Waals surface area contributed by atoms with Crippen molar-refractivity contribution in [3.8, 4) is 19.5 Å². The van der Waals surface area contributed by atoms with Gasteiger partial charge in [-0.05, 0) is 71.5 Å². The van der Waals surface area contributed by atoms with Gasteiger partial charge < -0.3 is 0 Å². The number of fused-ring (bicyclic) bond motifs is 2. The fourth-order valence-corrected chi connectivity index (χ4v) is 9.59. The topological polar surface area (TPSA) is 0 Å². The fourth-order valence-electron chi connectivity index (χ4n) is 5.28. The van der Waals surface area contributed by atoms with Crippen LogP contribution in [0.5, 0.6) is 0 Å². The van der Waals surface area contributed by atoms with Gasteiger partial charge in [-0.3, -0.25) is 0 Å². The van der Waals surface area contributed by atoms with E-state index in [2.05, 4.69) is 74.5 Å². The van der Waals surface area contributed by atoms with Crippen LogP contribution in [0.15, 0.2) is 60.7 Å². The summed E-state index contributed by atoms with van der Waals surface area (Å²) in [5.41, 5.74) is 0. The Morgan fingerprint density at radius 2 is 0.844 bits per heavy atom. The highest BCUT2D eigenvalue weighted by atomic mass is 32.1. The second kappa shape index (κ2) is 6.09. The van der Waals surface area contributed by atoms with Crippen molar-refractivity contribution >= 4 is 56.1 Å². The molecule has 4 aromatic heterocycles. The number of rotatable bonds is 2. The monoisotopic (exact) mass is 480 g/mol. The number of aryl methyl sites for hydroxylation is 2. The van der Waals surface area contributed by atoms with E-state index in [1.165, 1.54) is 80.4 Å². The van der Waals surface area contributed by atoms with Crippen molar-refractivity contribution in [1.82, 2.24) is 0 Å². The first-order valence-electron chi connectivity index (χ1n) is 10.7. The van der Waals surface area contributed by atoms with Crippen LogP contribution in [0.25, 0.3) is 30.3 Å². The van der Waals surface area contributed by atoms with Crippen molar-refractivity contribution < 1.29 is 0 Å². The van der Waals surface area contributed by atoms with Crippen LogP contribution in [-0.4, -0.2) is 0 Å². The summed E-state index contributed by atoms with van der Waals surface area (Å²) in [6.45, 7) is 4.38. The summed E-state index contributed by atoms with van der Waals surface area (Å²) >= 11 is 7.69. The molecule has 0 spiro atoms. The quantitative estimate of drug-likeness (QED) is 0.232. The lowest BCUT2D eigenvalue weighted by atomic mass is 10.1. The Balaban J connectivity index is 1.50. The third-order valence-corrected chi connectivity index (χ3v) is 11.4. The second-order valence-corrected chi connectivity index (χ2v) is 13.3. The molecule has 0 radical (unpaired) electrons. The predicted octanol–water partition coefficient (Wildman–Crippen LogP) is 8.81. The van der Waals surface area contributed by atoms with Gasteiger partial charge in [-0.1, -0.05) is 24.3 Å². The van der Waals surface area contributed by atoms with E-state index in [0.29, 0.717) is 0 Å². The smallest absolute Gasteiger partial charge is 0.0455 e. The molecule has 0 N–H and O–H groups in total. The number of thiophene rings is 4. The molecule has 8 rings (SSSR count). The third kappa shape index (κ3) is 2.21. The van der Waals surface area contributed by atoms with E-state index in [1.54, 1.807) is 0 Å². The van der Waals surface area contributed by atoms with Gasteiger partial charge in [0, 0.05) is 59.2 Å². The highest BCUT2D eigenvalue weighted by Gasteiger charge is 2.17. The molecule has 0 amide bonds. The van der Waals surface area contributed by atoms with Crippen LogP contribution in [0.3, 0.4) is 0 Å². The van der Waals surface area contributed by atoms with Gasteiger partial charge in [0.15, 0.2) is 0 Å². The normalized spacial score (nSPS) is 12.7. The van der Waals surface area contributed by atoms with Gasteiger partial charge in [0.1, 0.15) is 0 Å². The van der Waals surface area contributed by atoms with E-state index in [9.17, 15) is 0 Å². The predicted molar refractivity (Wildman–Crippen MR) is 139 cm³/mol. The SMILES string of the molecule is Cc1ccc(-c2cc3c(s2)=c2ccc4c5c(ccc=3c25)=c2cc(-c3ccc(C)s3)sc2=4)s1. The van der Waals surface area contributed by atoms with Crippen molar-refractivity contribution in [2.45, 2.75) is 13.8 Å². The van der Waals surface area contributed by atoms with Gasteiger partial charge in [0.2, 0.25) is 0 Å². The van der Waals surface area contributed by atoms with E-state index < -0.39 is 0 Å². The molecule has 0 nitrogen and oxygen atoms in total. The van der Waals surface area contributed by atoms with Crippen molar-refractivity contribution in [3.63, 3.8) is 0 Å². The zero-order valence-electron chi connectivity index (χ0n) is 17.4. The molecule has 152 valence electrons. The molecule has 32 heavy (non-hydrogen) atoms. The minimum atomic E-state index is 1.37. The second-order valence-electron chi connectivity index (χ2n) is 8.60. The van der Waals surface area contributed by atoms with Crippen molar-refractivity contribution in [1.29, 1.82) is 0 Å². The lowest BCUT2D eigenvalue weighted by molar-refractivity contribution is 1.57. The molecular formula is C28H16S4. The first-order chi connectivity index (χ1) is 15.7. The molecule has 0 saturated heterocycles. The first kappa shape index (κ1) is 18.0. The van der Waals surface area contributed by atoms with E-state index in [0.717, 1.165) is 0 Å². The van der Waals surface area contributed by atoms with Gasteiger partial charge in [0.25, 0.3) is 0 Å². The van der Waals surface area contributed by atoms with E-state index in [1.807, 2.05) is 45.3 Å². The lowest BCUT2D eigenvalue weighted by Gasteiger charge is -1.99. The third-order valence-electron chi connectivity index (χ3n) is 6.66. The van der Waals surface area contributed by atoms with Crippen LogP contribution in [0.4, 0.5) is 0 Å². The Bertz CT molecular complexity index is 1900. The van der Waals surface area contributed by atoms with Crippen molar-refractivity contribution in [3.05, 3.63) is 111 Å². The van der Waals surface area contributed by atoms with Gasteiger partial charge in [0.05, 0.1) is 0 Å². The molecule has 4 heteroatoms. The maximum absolute atomic E-state index is 2.42. The zero-order valence-corrected chi connectivity index (χ0v) is 20.7. The molecule has 4 heterocycles. The zero-order chi connectivity index (χ0) is 21.1. The molecule has 0 aliphatic heterocycles. The molecule has 0 atom stereocenters. The minimum Gasteiger partial charge on any atom is -0.140 e. The number of benzene rings is 2. The maximum Gasteiger partial charge on any atom is 0.0455 e. The van der Waals surface area contributed by atoms with Gasteiger partial charge in [-0.15, -0.1) is 45.3 Å². The van der Waals surface area contributed by atoms with Crippen molar-refractivity contribution in [2.24, 2.45) is 0 Å². The number of hydrogen-bond acceptors (Lipinski definition) is 4. The Hall–Kier alpha value is -2.50. The van der Waals surface area contributed by atoms with E-state index in [-0.39, 0.29) is 0 Å². The van der Waals surface area contributed by atoms with Gasteiger partial charge >= 0.3 is 0 Å².